The predicted octanol–water partition coefficient (Wildman–Crippen LogP) is 2.55. The minimum absolute atomic E-state index is 0.0345. The van der Waals surface area contributed by atoms with Gasteiger partial charge in [0.2, 0.25) is 5.91 Å². The van der Waals surface area contributed by atoms with Crippen LogP contribution in [0.4, 0.5) is 18.9 Å². The van der Waals surface area contributed by atoms with Crippen LogP contribution in [-0.4, -0.2) is 33.9 Å². The lowest BCUT2D eigenvalue weighted by Gasteiger charge is -2.29. The molecule has 1 aromatic carbocycles. The van der Waals surface area contributed by atoms with Crippen molar-refractivity contribution in [2.24, 2.45) is 5.73 Å². The third-order valence-corrected chi connectivity index (χ3v) is 4.72. The van der Waals surface area contributed by atoms with Crippen LogP contribution in [0.15, 0.2) is 18.2 Å². The van der Waals surface area contributed by atoms with Crippen molar-refractivity contribution in [1.29, 1.82) is 5.26 Å². The smallest absolute Gasteiger partial charge is 0.370 e. The number of carbonyl (C=O) groups excluding carboxylic acids is 2. The zero-order valence-corrected chi connectivity index (χ0v) is 15.4. The molecular weight excluding hydrogens is 381 g/mol. The topological polar surface area (TPSA) is 90.4 Å². The van der Waals surface area contributed by atoms with Crippen molar-refractivity contribution in [3.8, 4) is 6.07 Å². The van der Waals surface area contributed by atoms with Crippen molar-refractivity contribution in [3.05, 3.63) is 29.3 Å². The summed E-state index contributed by atoms with van der Waals surface area (Å²) >= 11 is 5.32. The van der Waals surface area contributed by atoms with Gasteiger partial charge in [0.1, 0.15) is 5.54 Å². The Hall–Kier alpha value is -2.67. The van der Waals surface area contributed by atoms with Gasteiger partial charge in [0.25, 0.3) is 5.91 Å². The highest BCUT2D eigenvalue weighted by molar-refractivity contribution is 7.80. The first-order valence-corrected chi connectivity index (χ1v) is 8.38. The highest BCUT2D eigenvalue weighted by atomic mass is 32.1. The number of nitriles is 1. The second-order valence-corrected chi connectivity index (χ2v) is 6.91. The van der Waals surface area contributed by atoms with Gasteiger partial charge in [0.15, 0.2) is 5.11 Å². The zero-order chi connectivity index (χ0) is 20.6. The third-order valence-electron chi connectivity index (χ3n) is 4.32. The number of nitrogens with zero attached hydrogens (tertiary/aromatic N) is 3. The van der Waals surface area contributed by atoms with Crippen LogP contribution in [0.1, 0.15) is 37.8 Å². The van der Waals surface area contributed by atoms with E-state index in [9.17, 15) is 22.8 Å². The predicted molar refractivity (Wildman–Crippen MR) is 95.5 cm³/mol. The molecule has 1 aliphatic rings. The molecule has 0 unspecified atom stereocenters. The molecule has 144 valence electrons. The van der Waals surface area contributed by atoms with Gasteiger partial charge in [-0.2, -0.15) is 18.4 Å². The van der Waals surface area contributed by atoms with E-state index in [-0.39, 0.29) is 23.8 Å². The largest absolute Gasteiger partial charge is 0.417 e. The Morgan fingerprint density at radius 3 is 2.52 bits per heavy atom. The van der Waals surface area contributed by atoms with Crippen molar-refractivity contribution in [2.75, 3.05) is 11.4 Å². The van der Waals surface area contributed by atoms with Crippen molar-refractivity contribution in [1.82, 2.24) is 4.90 Å². The highest BCUT2D eigenvalue weighted by Crippen LogP contribution is 2.37. The standard InChI is InChI=1S/C17H17F3N4O2S/c1-16(2)14(26)24(15(27)23(16)7-3-4-13(22)25)11-6-5-10(9-21)12(8-11)17(18,19)20/h5-6,8H,3-4,7H2,1-2H3,(H2,22,25). The number of halogens is 3. The lowest BCUT2D eigenvalue weighted by Crippen LogP contribution is -2.44. The molecule has 6 nitrogen and oxygen atoms in total. The number of rotatable bonds is 5. The van der Waals surface area contributed by atoms with Crippen LogP contribution in [-0.2, 0) is 15.8 Å². The molecule has 0 atom stereocenters. The van der Waals surface area contributed by atoms with Crippen LogP contribution < -0.4 is 10.6 Å². The minimum Gasteiger partial charge on any atom is -0.370 e. The molecule has 1 aromatic rings. The summed E-state index contributed by atoms with van der Waals surface area (Å²) in [6.45, 7) is 3.44. The van der Waals surface area contributed by atoms with Gasteiger partial charge in [-0.1, -0.05) is 0 Å². The number of amides is 2. The Morgan fingerprint density at radius 2 is 2.00 bits per heavy atom. The van der Waals surface area contributed by atoms with Crippen LogP contribution in [0, 0.1) is 11.3 Å². The molecule has 2 amide bonds. The maximum Gasteiger partial charge on any atom is 0.417 e. The quantitative estimate of drug-likeness (QED) is 0.770. The van der Waals surface area contributed by atoms with Gasteiger partial charge in [0.05, 0.1) is 22.9 Å². The molecule has 0 aliphatic carbocycles. The molecule has 27 heavy (non-hydrogen) atoms. The molecule has 0 spiro atoms. The van der Waals surface area contributed by atoms with Crippen LogP contribution in [0.3, 0.4) is 0 Å². The van der Waals surface area contributed by atoms with E-state index < -0.39 is 34.7 Å². The van der Waals surface area contributed by atoms with Crippen molar-refractivity contribution >= 4 is 34.8 Å². The average Bonchev–Trinajstić information content (AvgIpc) is 2.73. The van der Waals surface area contributed by atoms with E-state index >= 15 is 0 Å². The normalized spacial score (nSPS) is 16.6. The first-order valence-electron chi connectivity index (χ1n) is 7.97. The molecule has 0 aromatic heterocycles. The summed E-state index contributed by atoms with van der Waals surface area (Å²) in [7, 11) is 0. The minimum atomic E-state index is -4.75. The van der Waals surface area contributed by atoms with Crippen molar-refractivity contribution < 1.29 is 22.8 Å². The summed E-state index contributed by atoms with van der Waals surface area (Å²) in [5.41, 5.74) is 2.27. The van der Waals surface area contributed by atoms with E-state index in [2.05, 4.69) is 0 Å². The molecule has 1 fully saturated rings. The molecule has 0 bridgehead atoms. The number of alkyl halides is 3. The Labute approximate surface area is 159 Å². The fourth-order valence-corrected chi connectivity index (χ4v) is 3.36. The third kappa shape index (κ3) is 3.88. The van der Waals surface area contributed by atoms with Crippen LogP contribution in [0.2, 0.25) is 0 Å². The number of hydrogen-bond donors (Lipinski definition) is 1. The lowest BCUT2D eigenvalue weighted by molar-refractivity contribution is -0.137. The van der Waals surface area contributed by atoms with Gasteiger partial charge in [-0.05, 0) is 50.7 Å². The average molecular weight is 398 g/mol. The molecule has 0 radical (unpaired) electrons. The zero-order valence-electron chi connectivity index (χ0n) is 14.6. The van der Waals surface area contributed by atoms with Crippen LogP contribution in [0.5, 0.6) is 0 Å². The number of primary amides is 1. The fraction of sp³-hybridized carbons (Fsp3) is 0.412. The maximum atomic E-state index is 13.2. The first kappa shape index (κ1) is 20.6. The summed E-state index contributed by atoms with van der Waals surface area (Å²) < 4.78 is 39.7. The Bertz CT molecular complexity index is 846. The molecule has 2 rings (SSSR count). The van der Waals surface area contributed by atoms with Gasteiger partial charge >= 0.3 is 6.18 Å². The van der Waals surface area contributed by atoms with E-state index in [1.165, 1.54) is 12.1 Å². The maximum absolute atomic E-state index is 13.2. The van der Waals surface area contributed by atoms with E-state index in [1.54, 1.807) is 18.7 Å². The Morgan fingerprint density at radius 1 is 1.37 bits per heavy atom. The summed E-state index contributed by atoms with van der Waals surface area (Å²) in [5.74, 6) is -0.993. The van der Waals surface area contributed by atoms with Crippen molar-refractivity contribution in [3.63, 3.8) is 0 Å². The number of thiocarbonyl (C=S) groups is 1. The van der Waals surface area contributed by atoms with Crippen LogP contribution in [0.25, 0.3) is 0 Å². The number of anilines is 1. The number of hydrogen-bond acceptors (Lipinski definition) is 4. The van der Waals surface area contributed by atoms with E-state index in [4.69, 9.17) is 23.2 Å². The number of nitrogens with two attached hydrogens (primary N) is 1. The monoisotopic (exact) mass is 398 g/mol. The molecule has 1 saturated heterocycles. The summed E-state index contributed by atoms with van der Waals surface area (Å²) in [6, 6.07) is 4.50. The summed E-state index contributed by atoms with van der Waals surface area (Å²) in [6.07, 6.45) is -4.30. The van der Waals surface area contributed by atoms with Crippen LogP contribution >= 0.6 is 12.2 Å². The molecule has 0 saturated carbocycles. The summed E-state index contributed by atoms with van der Waals surface area (Å²) in [4.78, 5) is 26.3. The van der Waals surface area contributed by atoms with Gasteiger partial charge < -0.3 is 10.6 Å². The second-order valence-electron chi connectivity index (χ2n) is 6.54. The first-order chi connectivity index (χ1) is 12.4. The van der Waals surface area contributed by atoms with Gasteiger partial charge in [0, 0.05) is 13.0 Å². The van der Waals surface area contributed by atoms with E-state index in [0.717, 1.165) is 17.0 Å². The molecule has 1 aliphatic heterocycles. The fourth-order valence-electron chi connectivity index (χ4n) is 2.85. The van der Waals surface area contributed by atoms with E-state index in [1.807, 2.05) is 0 Å². The Kier molecular flexibility index (Phi) is 5.47. The summed E-state index contributed by atoms with van der Waals surface area (Å²) in [5, 5.41) is 8.94. The number of benzene rings is 1. The van der Waals surface area contributed by atoms with Gasteiger partial charge in [-0.3, -0.25) is 14.5 Å². The van der Waals surface area contributed by atoms with Crippen molar-refractivity contribution in [2.45, 2.75) is 38.4 Å². The molecule has 1 heterocycles. The van der Waals surface area contributed by atoms with Gasteiger partial charge in [-0.15, -0.1) is 0 Å². The molecular formula is C17H17F3N4O2S. The Balaban J connectivity index is 2.42. The van der Waals surface area contributed by atoms with E-state index in [0.29, 0.717) is 6.42 Å². The highest BCUT2D eigenvalue weighted by Gasteiger charge is 2.49. The molecule has 10 heteroatoms. The lowest BCUT2D eigenvalue weighted by atomic mass is 10.0. The second kappa shape index (κ2) is 7.15. The number of carbonyl (C=O) groups is 2. The SMILES string of the molecule is CC1(C)C(=O)N(c2ccc(C#N)c(C(F)(F)F)c2)C(=S)N1CCCC(N)=O. The van der Waals surface area contributed by atoms with Gasteiger partial charge in [-0.25, -0.2) is 0 Å². The molecule has 2 N–H and O–H groups in total.